The van der Waals surface area contributed by atoms with E-state index in [-0.39, 0.29) is 24.3 Å². The lowest BCUT2D eigenvalue weighted by Crippen LogP contribution is -2.53. The van der Waals surface area contributed by atoms with Gasteiger partial charge in [0.15, 0.2) is 0 Å². The number of benzene rings is 4. The van der Waals surface area contributed by atoms with Crippen LogP contribution in [0.4, 0.5) is 0 Å². The molecule has 0 aliphatic heterocycles. The molecule has 0 spiro atoms. The first-order valence-electron chi connectivity index (χ1n) is 14.3. The highest BCUT2D eigenvalue weighted by molar-refractivity contribution is 5.97. The van der Waals surface area contributed by atoms with Crippen molar-refractivity contribution in [1.82, 2.24) is 25.6 Å². The molecule has 4 aromatic rings. The van der Waals surface area contributed by atoms with Crippen LogP contribution in [0.3, 0.4) is 0 Å². The maximum Gasteiger partial charge on any atom is 0.257 e. The first-order chi connectivity index (χ1) is 20.6. The van der Waals surface area contributed by atoms with Gasteiger partial charge in [-0.05, 0) is 48.0 Å². The number of carbonyl (C=O) groups excluding carboxylic acids is 3. The molecule has 1 unspecified atom stereocenters. The van der Waals surface area contributed by atoms with Gasteiger partial charge in [-0.25, -0.2) is 5.01 Å². The molecular formula is C35H43N5O3. The summed E-state index contributed by atoms with van der Waals surface area (Å²) in [5, 5.41) is 7.25. The molecular weight excluding hydrogens is 538 g/mol. The Bertz CT molecular complexity index is 1510. The van der Waals surface area contributed by atoms with Gasteiger partial charge in [-0.2, -0.15) is 0 Å². The number of carbonyl (C=O) groups is 3. The van der Waals surface area contributed by atoms with E-state index < -0.39 is 6.04 Å². The lowest BCUT2D eigenvalue weighted by molar-refractivity contribution is -0.141. The molecule has 0 saturated heterocycles. The van der Waals surface area contributed by atoms with Crippen LogP contribution >= 0.6 is 0 Å². The third-order valence-corrected chi connectivity index (χ3v) is 6.95. The van der Waals surface area contributed by atoms with Crippen molar-refractivity contribution in [3.63, 3.8) is 0 Å². The number of nitrogens with zero attached hydrogens (tertiary/aromatic N) is 3. The van der Waals surface area contributed by atoms with Crippen LogP contribution in [0.5, 0.6) is 0 Å². The highest BCUT2D eigenvalue weighted by Gasteiger charge is 2.29. The molecule has 2 N–H and O–H groups in total. The van der Waals surface area contributed by atoms with Gasteiger partial charge in [-0.1, -0.05) is 90.5 Å². The number of hydrazine groups is 1. The van der Waals surface area contributed by atoms with Crippen LogP contribution in [-0.2, 0) is 22.6 Å². The summed E-state index contributed by atoms with van der Waals surface area (Å²) >= 11 is 0. The highest BCUT2D eigenvalue weighted by Crippen LogP contribution is 2.15. The Hall–Kier alpha value is -4.53. The predicted molar refractivity (Wildman–Crippen MR) is 173 cm³/mol. The quantitative estimate of drug-likeness (QED) is 0.273. The van der Waals surface area contributed by atoms with Gasteiger partial charge in [0.2, 0.25) is 5.91 Å². The van der Waals surface area contributed by atoms with Gasteiger partial charge >= 0.3 is 0 Å². The molecule has 0 bridgehead atoms. The van der Waals surface area contributed by atoms with Gasteiger partial charge in [0, 0.05) is 46.7 Å². The molecule has 0 heterocycles. The van der Waals surface area contributed by atoms with E-state index in [4.69, 9.17) is 0 Å². The zero-order chi connectivity index (χ0) is 31.4. The van der Waals surface area contributed by atoms with Crippen LogP contribution in [0.25, 0.3) is 10.8 Å². The normalized spacial score (nSPS) is 11.3. The number of hydrogen-bond donors (Lipinski definition) is 2. The summed E-state index contributed by atoms with van der Waals surface area (Å²) in [7, 11) is 8.46. The molecule has 43 heavy (non-hydrogen) atoms. The fourth-order valence-corrected chi connectivity index (χ4v) is 4.65. The minimum atomic E-state index is -0.713. The molecule has 0 saturated carbocycles. The zero-order valence-electron chi connectivity index (χ0n) is 26.0. The Balaban J connectivity index is 0.000000380. The van der Waals surface area contributed by atoms with Gasteiger partial charge in [0.25, 0.3) is 11.8 Å². The van der Waals surface area contributed by atoms with Crippen molar-refractivity contribution >= 4 is 28.5 Å². The van der Waals surface area contributed by atoms with Gasteiger partial charge < -0.3 is 15.1 Å². The standard InChI is InChI=1S/C24H33N5O3.C11H10/c1-25-16-19-12-9-13-20(14-19)24(32)28(4)17-22(30)29(5)21(23(31)26-27(2)3)15-18-10-7-6-8-11-18;1-9-6-7-10-4-2-3-5-11(10)8-9/h6-14,21,25H,15-17H2,1-5H3,(H,26,31);2-8H,1H3. The number of rotatable bonds is 10. The lowest BCUT2D eigenvalue weighted by atomic mass is 10.0. The summed E-state index contributed by atoms with van der Waals surface area (Å²) in [6.07, 6.45) is 0.368. The fourth-order valence-electron chi connectivity index (χ4n) is 4.65. The second-order valence-corrected chi connectivity index (χ2v) is 10.8. The van der Waals surface area contributed by atoms with Gasteiger partial charge in [-0.3, -0.25) is 19.8 Å². The summed E-state index contributed by atoms with van der Waals surface area (Å²) in [4.78, 5) is 41.5. The average molecular weight is 582 g/mol. The SMILES string of the molecule is CNCc1cccc(C(=O)N(C)CC(=O)N(C)C(Cc2ccccc2)C(=O)NN(C)C)c1.Cc1ccc2ccccc2c1. The number of fused-ring (bicyclic) bond motifs is 1. The molecule has 1 atom stereocenters. The van der Waals surface area contributed by atoms with Crippen molar-refractivity contribution in [3.05, 3.63) is 119 Å². The lowest BCUT2D eigenvalue weighted by Gasteiger charge is -2.30. The number of likely N-dealkylation sites (N-methyl/N-ethyl adjacent to an activating group) is 2. The summed E-state index contributed by atoms with van der Waals surface area (Å²) in [6.45, 7) is 2.63. The molecule has 226 valence electrons. The number of aryl methyl sites for hydroxylation is 1. The van der Waals surface area contributed by atoms with Crippen LogP contribution in [-0.4, -0.2) is 80.4 Å². The van der Waals surface area contributed by atoms with Crippen molar-refractivity contribution in [2.75, 3.05) is 41.8 Å². The van der Waals surface area contributed by atoms with Gasteiger partial charge in [0.1, 0.15) is 6.04 Å². The third-order valence-electron chi connectivity index (χ3n) is 6.95. The van der Waals surface area contributed by atoms with E-state index in [9.17, 15) is 14.4 Å². The minimum absolute atomic E-state index is 0.133. The summed E-state index contributed by atoms with van der Waals surface area (Å²) in [5.74, 6) is -0.854. The molecule has 4 rings (SSSR count). The van der Waals surface area contributed by atoms with E-state index >= 15 is 0 Å². The monoisotopic (exact) mass is 581 g/mol. The van der Waals surface area contributed by atoms with E-state index in [1.54, 1.807) is 39.3 Å². The maximum atomic E-state index is 13.0. The third kappa shape index (κ3) is 10.1. The van der Waals surface area contributed by atoms with Crippen molar-refractivity contribution in [2.45, 2.75) is 25.9 Å². The molecule has 8 heteroatoms. The van der Waals surface area contributed by atoms with Crippen LogP contribution in [0, 0.1) is 6.92 Å². The fraction of sp³-hybridized carbons (Fsp3) is 0.286. The van der Waals surface area contributed by atoms with Gasteiger partial charge in [0.05, 0.1) is 6.54 Å². The number of hydrogen-bond acceptors (Lipinski definition) is 5. The Morgan fingerprint density at radius 3 is 2.07 bits per heavy atom. The van der Waals surface area contributed by atoms with Crippen LogP contribution in [0.2, 0.25) is 0 Å². The van der Waals surface area contributed by atoms with Crippen molar-refractivity contribution in [3.8, 4) is 0 Å². The van der Waals surface area contributed by atoms with E-state index in [1.165, 1.54) is 26.1 Å². The smallest absolute Gasteiger partial charge is 0.257 e. The molecule has 3 amide bonds. The first kappa shape index (κ1) is 33.0. The highest BCUT2D eigenvalue weighted by atomic mass is 16.2. The predicted octanol–water partition coefficient (Wildman–Crippen LogP) is 4.29. The van der Waals surface area contributed by atoms with E-state index in [2.05, 4.69) is 60.1 Å². The second kappa shape index (κ2) is 16.2. The molecule has 0 fully saturated rings. The van der Waals surface area contributed by atoms with Crippen molar-refractivity contribution < 1.29 is 14.4 Å². The molecule has 8 nitrogen and oxygen atoms in total. The average Bonchev–Trinajstić information content (AvgIpc) is 2.99. The molecule has 0 aliphatic rings. The van der Waals surface area contributed by atoms with Crippen LogP contribution in [0.1, 0.15) is 27.0 Å². The molecule has 0 radical (unpaired) electrons. The molecule has 4 aromatic carbocycles. The molecule has 0 aromatic heterocycles. The summed E-state index contributed by atoms with van der Waals surface area (Å²) in [6, 6.07) is 31.0. The van der Waals surface area contributed by atoms with Gasteiger partial charge in [-0.15, -0.1) is 0 Å². The summed E-state index contributed by atoms with van der Waals surface area (Å²) in [5.41, 5.74) is 6.50. The number of nitrogens with one attached hydrogen (secondary N) is 2. The largest absolute Gasteiger partial charge is 0.332 e. The Morgan fingerprint density at radius 1 is 0.744 bits per heavy atom. The maximum absolute atomic E-state index is 13.0. The summed E-state index contributed by atoms with van der Waals surface area (Å²) < 4.78 is 0. The minimum Gasteiger partial charge on any atom is -0.332 e. The first-order valence-corrected chi connectivity index (χ1v) is 14.3. The van der Waals surface area contributed by atoms with Crippen molar-refractivity contribution in [1.29, 1.82) is 0 Å². The van der Waals surface area contributed by atoms with E-state index in [1.807, 2.05) is 55.6 Å². The Morgan fingerprint density at radius 2 is 1.40 bits per heavy atom. The molecule has 0 aliphatic carbocycles. The second-order valence-electron chi connectivity index (χ2n) is 10.8. The van der Waals surface area contributed by atoms with E-state index in [0.29, 0.717) is 18.5 Å². The Labute approximate surface area is 255 Å². The van der Waals surface area contributed by atoms with Crippen LogP contribution < -0.4 is 10.7 Å². The topological polar surface area (TPSA) is 85.0 Å². The van der Waals surface area contributed by atoms with Crippen molar-refractivity contribution in [2.24, 2.45) is 0 Å². The Kier molecular flexibility index (Phi) is 12.4. The van der Waals surface area contributed by atoms with Crippen LogP contribution in [0.15, 0.2) is 97.1 Å². The zero-order valence-corrected chi connectivity index (χ0v) is 26.0. The van der Waals surface area contributed by atoms with E-state index in [0.717, 1.165) is 11.1 Å². The number of amides is 3.